The molecule has 3 aromatic carbocycles. The molecule has 0 saturated carbocycles. The number of hydrogen-bond acceptors (Lipinski definition) is 6. The van der Waals surface area contributed by atoms with E-state index < -0.39 is 0 Å². The SMILES string of the molecule is O=C(CSc1nc2ccccc2c(=O)n1-c1ccccc1)Nc1ncc(Cc2cccc(Cl)c2)s1. The second-order valence-electron chi connectivity index (χ2n) is 7.66. The van der Waals surface area contributed by atoms with Gasteiger partial charge in [0, 0.05) is 22.5 Å². The summed E-state index contributed by atoms with van der Waals surface area (Å²) in [7, 11) is 0. The Morgan fingerprint density at radius 3 is 2.66 bits per heavy atom. The summed E-state index contributed by atoms with van der Waals surface area (Å²) in [5.41, 5.74) is 2.20. The quantitative estimate of drug-likeness (QED) is 0.217. The van der Waals surface area contributed by atoms with Crippen LogP contribution in [-0.4, -0.2) is 26.2 Å². The Morgan fingerprint density at radius 2 is 1.83 bits per heavy atom. The van der Waals surface area contributed by atoms with Crippen LogP contribution in [0.3, 0.4) is 0 Å². The predicted molar refractivity (Wildman–Crippen MR) is 143 cm³/mol. The van der Waals surface area contributed by atoms with Crippen LogP contribution in [-0.2, 0) is 11.2 Å². The Labute approximate surface area is 214 Å². The molecule has 0 aliphatic heterocycles. The van der Waals surface area contributed by atoms with Gasteiger partial charge in [-0.3, -0.25) is 14.2 Å². The summed E-state index contributed by atoms with van der Waals surface area (Å²) >= 11 is 8.70. The number of thioether (sulfide) groups is 1. The summed E-state index contributed by atoms with van der Waals surface area (Å²) in [6, 6.07) is 24.2. The van der Waals surface area contributed by atoms with Crippen LogP contribution in [0.5, 0.6) is 0 Å². The van der Waals surface area contributed by atoms with E-state index in [2.05, 4.69) is 15.3 Å². The molecule has 0 saturated heterocycles. The fourth-order valence-corrected chi connectivity index (χ4v) is 5.48. The number of carbonyl (C=O) groups excluding carboxylic acids is 1. The van der Waals surface area contributed by atoms with Gasteiger partial charge >= 0.3 is 0 Å². The summed E-state index contributed by atoms with van der Waals surface area (Å²) in [5.74, 6) is -0.137. The van der Waals surface area contributed by atoms with Gasteiger partial charge in [-0.25, -0.2) is 9.97 Å². The van der Waals surface area contributed by atoms with Crippen LogP contribution in [0.25, 0.3) is 16.6 Å². The molecule has 1 amide bonds. The lowest BCUT2D eigenvalue weighted by molar-refractivity contribution is -0.113. The zero-order valence-electron chi connectivity index (χ0n) is 18.3. The van der Waals surface area contributed by atoms with Crippen molar-refractivity contribution in [2.45, 2.75) is 11.6 Å². The summed E-state index contributed by atoms with van der Waals surface area (Å²) in [6.07, 6.45) is 2.44. The first-order valence-corrected chi connectivity index (χ1v) is 12.9. The van der Waals surface area contributed by atoms with Gasteiger partial charge in [-0.15, -0.1) is 11.3 Å². The Morgan fingerprint density at radius 1 is 1.03 bits per heavy atom. The molecule has 5 aromatic rings. The molecular formula is C26H19ClN4O2S2. The Kier molecular flexibility index (Phi) is 6.94. The van der Waals surface area contributed by atoms with E-state index in [4.69, 9.17) is 11.6 Å². The number of nitrogens with one attached hydrogen (secondary N) is 1. The third kappa shape index (κ3) is 5.45. The lowest BCUT2D eigenvalue weighted by Crippen LogP contribution is -2.22. The van der Waals surface area contributed by atoms with Crippen molar-refractivity contribution < 1.29 is 4.79 Å². The maximum absolute atomic E-state index is 13.3. The third-order valence-corrected chi connectivity index (χ3v) is 7.25. The molecule has 0 bridgehead atoms. The number of halogens is 1. The number of benzene rings is 3. The first-order chi connectivity index (χ1) is 17.1. The Balaban J connectivity index is 1.32. The molecule has 2 heterocycles. The number of nitrogens with zero attached hydrogens (tertiary/aromatic N) is 3. The van der Waals surface area contributed by atoms with Gasteiger partial charge in [0.1, 0.15) is 0 Å². The molecule has 174 valence electrons. The fraction of sp³-hybridized carbons (Fsp3) is 0.0769. The van der Waals surface area contributed by atoms with Crippen LogP contribution < -0.4 is 10.9 Å². The van der Waals surface area contributed by atoms with Gasteiger partial charge in [0.05, 0.1) is 22.3 Å². The first-order valence-electron chi connectivity index (χ1n) is 10.8. The van der Waals surface area contributed by atoms with Gasteiger partial charge in [-0.1, -0.05) is 65.8 Å². The maximum Gasteiger partial charge on any atom is 0.266 e. The maximum atomic E-state index is 13.3. The van der Waals surface area contributed by atoms with Gasteiger partial charge in [-0.2, -0.15) is 0 Å². The number of hydrogen-bond donors (Lipinski definition) is 1. The molecule has 0 aliphatic carbocycles. The highest BCUT2D eigenvalue weighted by Crippen LogP contribution is 2.24. The molecular weight excluding hydrogens is 500 g/mol. The molecule has 2 aromatic heterocycles. The minimum atomic E-state index is -0.222. The van der Waals surface area contributed by atoms with Crippen LogP contribution >= 0.6 is 34.7 Å². The number of amides is 1. The Hall–Kier alpha value is -3.46. The molecule has 0 atom stereocenters. The zero-order chi connectivity index (χ0) is 24.2. The molecule has 35 heavy (non-hydrogen) atoms. The van der Waals surface area contributed by atoms with Crippen LogP contribution in [0.1, 0.15) is 10.4 Å². The smallest absolute Gasteiger partial charge is 0.266 e. The molecule has 1 N–H and O–H groups in total. The minimum absolute atomic E-state index is 0.0841. The molecule has 9 heteroatoms. The first kappa shape index (κ1) is 23.3. The monoisotopic (exact) mass is 518 g/mol. The van der Waals surface area contributed by atoms with Gasteiger partial charge in [0.15, 0.2) is 10.3 Å². The molecule has 0 unspecified atom stereocenters. The Bertz CT molecular complexity index is 1570. The van der Waals surface area contributed by atoms with Crippen LogP contribution in [0.15, 0.2) is 95.0 Å². The third-order valence-electron chi connectivity index (χ3n) is 5.16. The van der Waals surface area contributed by atoms with Gasteiger partial charge in [0.25, 0.3) is 5.56 Å². The van der Waals surface area contributed by atoms with E-state index in [0.29, 0.717) is 38.3 Å². The van der Waals surface area contributed by atoms with E-state index in [9.17, 15) is 9.59 Å². The van der Waals surface area contributed by atoms with Crippen molar-refractivity contribution >= 4 is 56.6 Å². The largest absolute Gasteiger partial charge is 0.301 e. The lowest BCUT2D eigenvalue weighted by Gasteiger charge is -2.13. The zero-order valence-corrected chi connectivity index (χ0v) is 20.7. The van der Waals surface area contributed by atoms with Gasteiger partial charge in [0.2, 0.25) is 5.91 Å². The highest BCUT2D eigenvalue weighted by Gasteiger charge is 2.15. The van der Waals surface area contributed by atoms with Crippen LogP contribution in [0.2, 0.25) is 5.02 Å². The average Bonchev–Trinajstić information content (AvgIpc) is 3.30. The summed E-state index contributed by atoms with van der Waals surface area (Å²) in [5, 5.41) is 5.05. The van der Waals surface area contributed by atoms with Crippen LogP contribution in [0.4, 0.5) is 5.13 Å². The number of anilines is 1. The van der Waals surface area contributed by atoms with Crippen LogP contribution in [0, 0.1) is 0 Å². The van der Waals surface area contributed by atoms with E-state index in [1.54, 1.807) is 22.9 Å². The topological polar surface area (TPSA) is 76.9 Å². The second-order valence-corrected chi connectivity index (χ2v) is 10.2. The van der Waals surface area contributed by atoms with Crippen molar-refractivity contribution in [2.24, 2.45) is 0 Å². The standard InChI is InChI=1S/C26H19ClN4O2S2/c27-18-8-6-7-17(13-18)14-20-15-28-25(35-20)30-23(32)16-34-26-29-22-12-5-4-11-21(22)24(33)31(26)19-9-2-1-3-10-19/h1-13,15H,14,16H2,(H,28,30,32). The second kappa shape index (κ2) is 10.4. The number of fused-ring (bicyclic) bond motifs is 1. The summed E-state index contributed by atoms with van der Waals surface area (Å²) < 4.78 is 1.55. The number of para-hydroxylation sites is 2. The molecule has 0 fully saturated rings. The van der Waals surface area contributed by atoms with Crippen molar-refractivity contribution in [3.8, 4) is 5.69 Å². The molecule has 0 spiro atoms. The molecule has 6 nitrogen and oxygen atoms in total. The summed E-state index contributed by atoms with van der Waals surface area (Å²) in [4.78, 5) is 36.0. The fourth-order valence-electron chi connectivity index (χ4n) is 3.59. The number of rotatable bonds is 7. The molecule has 5 rings (SSSR count). The molecule has 0 radical (unpaired) electrons. The highest BCUT2D eigenvalue weighted by molar-refractivity contribution is 7.99. The van der Waals surface area contributed by atoms with E-state index in [0.717, 1.165) is 10.4 Å². The number of carbonyl (C=O) groups is 1. The molecule has 0 aliphatic rings. The minimum Gasteiger partial charge on any atom is -0.301 e. The normalized spacial score (nSPS) is 11.0. The van der Waals surface area contributed by atoms with Crippen molar-refractivity contribution in [3.63, 3.8) is 0 Å². The number of aromatic nitrogens is 3. The highest BCUT2D eigenvalue weighted by atomic mass is 35.5. The summed E-state index contributed by atoms with van der Waals surface area (Å²) in [6.45, 7) is 0. The van der Waals surface area contributed by atoms with E-state index in [-0.39, 0.29) is 17.2 Å². The lowest BCUT2D eigenvalue weighted by atomic mass is 10.1. The van der Waals surface area contributed by atoms with E-state index in [1.165, 1.54) is 23.1 Å². The number of thiazole rings is 1. The van der Waals surface area contributed by atoms with Crippen molar-refractivity contribution in [2.75, 3.05) is 11.1 Å². The van der Waals surface area contributed by atoms with Gasteiger partial charge < -0.3 is 5.32 Å². The van der Waals surface area contributed by atoms with Crippen molar-refractivity contribution in [3.05, 3.63) is 111 Å². The van der Waals surface area contributed by atoms with E-state index in [1.807, 2.05) is 66.7 Å². The van der Waals surface area contributed by atoms with Gasteiger partial charge in [-0.05, 0) is 42.0 Å². The van der Waals surface area contributed by atoms with E-state index >= 15 is 0 Å². The predicted octanol–water partition coefficient (Wildman–Crippen LogP) is 5.82. The van der Waals surface area contributed by atoms with Crippen molar-refractivity contribution in [1.82, 2.24) is 14.5 Å². The van der Waals surface area contributed by atoms with Crippen molar-refractivity contribution in [1.29, 1.82) is 0 Å². The average molecular weight is 519 g/mol.